The maximum atomic E-state index is 11.7. The van der Waals surface area contributed by atoms with E-state index in [1.54, 1.807) is 0 Å². The van der Waals surface area contributed by atoms with Crippen molar-refractivity contribution in [2.24, 2.45) is 0 Å². The van der Waals surface area contributed by atoms with Crippen LogP contribution in [0.15, 0.2) is 60.7 Å². The van der Waals surface area contributed by atoms with E-state index in [-0.39, 0.29) is 24.2 Å². The van der Waals surface area contributed by atoms with Crippen LogP contribution in [0, 0.1) is 11.3 Å². The number of carbonyl (C=O) groups excluding carboxylic acids is 1. The molecule has 0 saturated heterocycles. The van der Waals surface area contributed by atoms with E-state index in [1.807, 2.05) is 60.7 Å². The lowest BCUT2D eigenvalue weighted by molar-refractivity contribution is -0.141. The van der Waals surface area contributed by atoms with Gasteiger partial charge in [0.15, 0.2) is 0 Å². The number of methoxy groups -OCH3 is 1. The second-order valence-corrected chi connectivity index (χ2v) is 4.81. The van der Waals surface area contributed by atoms with Crippen LogP contribution in [0.25, 0.3) is 0 Å². The van der Waals surface area contributed by atoms with E-state index < -0.39 is 0 Å². The number of ether oxygens (including phenoxy) is 1. The molecule has 0 radical (unpaired) electrons. The summed E-state index contributed by atoms with van der Waals surface area (Å²) in [5, 5.41) is 9.59. The van der Waals surface area contributed by atoms with Crippen molar-refractivity contribution < 1.29 is 9.53 Å². The molecule has 0 amide bonds. The van der Waals surface area contributed by atoms with Crippen molar-refractivity contribution >= 4 is 5.97 Å². The van der Waals surface area contributed by atoms with Crippen LogP contribution in [-0.4, -0.2) is 13.1 Å². The minimum Gasteiger partial charge on any atom is -0.469 e. The van der Waals surface area contributed by atoms with Crippen LogP contribution in [0.4, 0.5) is 0 Å². The molecule has 0 aliphatic rings. The standard InChI is InChI=1S/C18H17NO2/c1-21-18(20)12-16(14-8-4-2-5-9-14)17(13-19)15-10-6-3-7-11-15/h2-11,16-17H,12H2,1H3/t16-,17-/m0/s1. The fourth-order valence-electron chi connectivity index (χ4n) is 2.45. The third kappa shape index (κ3) is 3.70. The van der Waals surface area contributed by atoms with Crippen molar-refractivity contribution in [3.8, 4) is 6.07 Å². The molecule has 0 unspecified atom stereocenters. The molecule has 0 aromatic heterocycles. The first-order valence-electron chi connectivity index (χ1n) is 6.82. The number of hydrogen-bond donors (Lipinski definition) is 0. The minimum absolute atomic E-state index is 0.188. The monoisotopic (exact) mass is 279 g/mol. The molecule has 2 aromatic carbocycles. The topological polar surface area (TPSA) is 50.1 Å². The van der Waals surface area contributed by atoms with Gasteiger partial charge in [-0.1, -0.05) is 60.7 Å². The first kappa shape index (κ1) is 14.8. The van der Waals surface area contributed by atoms with E-state index in [4.69, 9.17) is 4.74 Å². The second-order valence-electron chi connectivity index (χ2n) is 4.81. The van der Waals surface area contributed by atoms with Crippen LogP contribution < -0.4 is 0 Å². The van der Waals surface area contributed by atoms with Gasteiger partial charge in [-0.15, -0.1) is 0 Å². The minimum atomic E-state index is -0.382. The molecule has 3 nitrogen and oxygen atoms in total. The Morgan fingerprint density at radius 1 is 1.05 bits per heavy atom. The summed E-state index contributed by atoms with van der Waals surface area (Å²) >= 11 is 0. The number of hydrogen-bond acceptors (Lipinski definition) is 3. The SMILES string of the molecule is COC(=O)C[C@@H](c1ccccc1)[C@@H](C#N)c1ccccc1. The molecule has 0 aliphatic carbocycles. The highest BCUT2D eigenvalue weighted by Gasteiger charge is 2.27. The smallest absolute Gasteiger partial charge is 0.306 e. The zero-order chi connectivity index (χ0) is 15.1. The van der Waals surface area contributed by atoms with Gasteiger partial charge in [0.05, 0.1) is 25.5 Å². The molecule has 0 saturated carbocycles. The molecule has 2 rings (SSSR count). The van der Waals surface area contributed by atoms with E-state index in [0.29, 0.717) is 0 Å². The van der Waals surface area contributed by atoms with Crippen molar-refractivity contribution in [1.82, 2.24) is 0 Å². The van der Waals surface area contributed by atoms with Gasteiger partial charge in [0.1, 0.15) is 0 Å². The highest BCUT2D eigenvalue weighted by atomic mass is 16.5. The lowest BCUT2D eigenvalue weighted by Gasteiger charge is -2.22. The molecule has 0 spiro atoms. The van der Waals surface area contributed by atoms with Gasteiger partial charge in [-0.05, 0) is 11.1 Å². The molecule has 0 N–H and O–H groups in total. The fraction of sp³-hybridized carbons (Fsp3) is 0.222. The van der Waals surface area contributed by atoms with E-state index in [1.165, 1.54) is 7.11 Å². The Hall–Kier alpha value is -2.60. The van der Waals surface area contributed by atoms with Crippen LogP contribution in [0.5, 0.6) is 0 Å². The normalized spacial score (nSPS) is 13.0. The number of carbonyl (C=O) groups is 1. The third-order valence-corrected chi connectivity index (χ3v) is 3.54. The Labute approximate surface area is 124 Å². The zero-order valence-electron chi connectivity index (χ0n) is 11.9. The van der Waals surface area contributed by atoms with Crippen molar-refractivity contribution in [2.45, 2.75) is 18.3 Å². The first-order chi connectivity index (χ1) is 10.3. The molecular weight excluding hydrogens is 262 g/mol. The molecule has 0 aliphatic heterocycles. The molecule has 3 heteroatoms. The van der Waals surface area contributed by atoms with Crippen LogP contribution in [-0.2, 0) is 9.53 Å². The fourth-order valence-corrected chi connectivity index (χ4v) is 2.45. The Kier molecular flexibility index (Phi) is 5.11. The molecule has 0 bridgehead atoms. The van der Waals surface area contributed by atoms with Crippen LogP contribution in [0.3, 0.4) is 0 Å². The maximum absolute atomic E-state index is 11.7. The Morgan fingerprint density at radius 3 is 2.05 bits per heavy atom. The van der Waals surface area contributed by atoms with Gasteiger partial charge >= 0.3 is 5.97 Å². The van der Waals surface area contributed by atoms with Crippen molar-refractivity contribution in [3.05, 3.63) is 71.8 Å². The summed E-state index contributed by atoms with van der Waals surface area (Å²) < 4.78 is 4.78. The largest absolute Gasteiger partial charge is 0.469 e. The van der Waals surface area contributed by atoms with Gasteiger partial charge in [-0.3, -0.25) is 4.79 Å². The van der Waals surface area contributed by atoms with Gasteiger partial charge in [-0.25, -0.2) is 0 Å². The van der Waals surface area contributed by atoms with Crippen molar-refractivity contribution in [1.29, 1.82) is 5.26 Å². The quantitative estimate of drug-likeness (QED) is 0.785. The Morgan fingerprint density at radius 2 is 1.57 bits per heavy atom. The van der Waals surface area contributed by atoms with Crippen LogP contribution in [0.2, 0.25) is 0 Å². The average molecular weight is 279 g/mol. The predicted octanol–water partition coefficient (Wildman–Crippen LogP) is 3.64. The molecule has 0 heterocycles. The number of rotatable bonds is 5. The third-order valence-electron chi connectivity index (χ3n) is 3.54. The predicted molar refractivity (Wildman–Crippen MR) is 80.6 cm³/mol. The van der Waals surface area contributed by atoms with E-state index in [9.17, 15) is 10.1 Å². The highest BCUT2D eigenvalue weighted by Crippen LogP contribution is 2.35. The van der Waals surface area contributed by atoms with E-state index in [0.717, 1.165) is 11.1 Å². The van der Waals surface area contributed by atoms with Gasteiger partial charge in [0, 0.05) is 5.92 Å². The zero-order valence-corrected chi connectivity index (χ0v) is 11.9. The summed E-state index contributed by atoms with van der Waals surface area (Å²) in [5.41, 5.74) is 1.89. The van der Waals surface area contributed by atoms with Gasteiger partial charge in [0.2, 0.25) is 0 Å². The summed E-state index contributed by atoms with van der Waals surface area (Å²) in [6, 6.07) is 21.5. The van der Waals surface area contributed by atoms with E-state index in [2.05, 4.69) is 6.07 Å². The first-order valence-corrected chi connectivity index (χ1v) is 6.82. The summed E-state index contributed by atoms with van der Waals surface area (Å²) in [5.74, 6) is -0.904. The molecule has 21 heavy (non-hydrogen) atoms. The summed E-state index contributed by atoms with van der Waals surface area (Å²) in [6.07, 6.45) is 0.188. The molecule has 2 atom stereocenters. The van der Waals surface area contributed by atoms with Gasteiger partial charge < -0.3 is 4.74 Å². The Bertz CT molecular complexity index is 617. The average Bonchev–Trinajstić information content (AvgIpc) is 2.56. The van der Waals surface area contributed by atoms with Crippen molar-refractivity contribution in [2.75, 3.05) is 7.11 Å². The van der Waals surface area contributed by atoms with Crippen LogP contribution in [0.1, 0.15) is 29.4 Å². The molecule has 106 valence electrons. The highest BCUT2D eigenvalue weighted by molar-refractivity contribution is 5.70. The van der Waals surface area contributed by atoms with Gasteiger partial charge in [0.25, 0.3) is 0 Å². The summed E-state index contributed by atoms with van der Waals surface area (Å²) in [6.45, 7) is 0. The molecular formula is C18H17NO2. The lowest BCUT2D eigenvalue weighted by atomic mass is 9.80. The molecule has 0 fully saturated rings. The number of esters is 1. The number of benzene rings is 2. The van der Waals surface area contributed by atoms with Crippen LogP contribution >= 0.6 is 0 Å². The number of nitrogens with zero attached hydrogens (tertiary/aromatic N) is 1. The lowest BCUT2D eigenvalue weighted by Crippen LogP contribution is -2.15. The summed E-state index contributed by atoms with van der Waals surface area (Å²) in [4.78, 5) is 11.7. The van der Waals surface area contributed by atoms with E-state index >= 15 is 0 Å². The second kappa shape index (κ2) is 7.25. The maximum Gasteiger partial charge on any atom is 0.306 e. The van der Waals surface area contributed by atoms with Gasteiger partial charge in [-0.2, -0.15) is 5.26 Å². The summed E-state index contributed by atoms with van der Waals surface area (Å²) in [7, 11) is 1.37. The number of nitriles is 1. The molecule has 2 aromatic rings. The Balaban J connectivity index is 2.38. The van der Waals surface area contributed by atoms with Crippen molar-refractivity contribution in [3.63, 3.8) is 0 Å².